The van der Waals surface area contributed by atoms with Crippen LogP contribution in [0.4, 0.5) is 0 Å². The smallest absolute Gasteiger partial charge is 0.133 e. The topological polar surface area (TPSA) is 24.4 Å². The Labute approximate surface area is 348 Å². The van der Waals surface area contributed by atoms with Gasteiger partial charge in [0, 0.05) is 30.8 Å². The molecule has 3 atom stereocenters. The predicted molar refractivity (Wildman–Crippen MR) is 244 cm³/mol. The van der Waals surface area contributed by atoms with E-state index >= 15 is 0 Å². The van der Waals surface area contributed by atoms with Gasteiger partial charge in [-0.2, -0.15) is 0 Å². The van der Waals surface area contributed by atoms with Crippen molar-refractivity contribution in [2.24, 2.45) is 4.99 Å². The van der Waals surface area contributed by atoms with Crippen LogP contribution >= 0.6 is 23.5 Å². The maximum atomic E-state index is 5.28. The number of rotatable bonds is 5. The van der Waals surface area contributed by atoms with Crippen molar-refractivity contribution in [3.8, 4) is 22.3 Å². The van der Waals surface area contributed by atoms with Crippen molar-refractivity contribution < 1.29 is 0 Å². The molecule has 0 fully saturated rings. The van der Waals surface area contributed by atoms with Gasteiger partial charge >= 0.3 is 0 Å². The minimum Gasteiger partial charge on any atom is -0.340 e. The quantitative estimate of drug-likeness (QED) is 0.188. The van der Waals surface area contributed by atoms with Crippen molar-refractivity contribution >= 4 is 45.8 Å². The molecule has 8 aromatic rings. The van der Waals surface area contributed by atoms with E-state index in [0.29, 0.717) is 11.8 Å². The fourth-order valence-electron chi connectivity index (χ4n) is 9.11. The summed E-state index contributed by atoms with van der Waals surface area (Å²) < 4.78 is 0. The van der Waals surface area contributed by atoms with E-state index in [0.717, 1.165) is 29.1 Å². The van der Waals surface area contributed by atoms with Crippen molar-refractivity contribution in [3.63, 3.8) is 0 Å². The summed E-state index contributed by atoms with van der Waals surface area (Å²) in [5.41, 5.74) is 13.9. The Bertz CT molecular complexity index is 2930. The Hall–Kier alpha value is -6.07. The molecule has 0 saturated heterocycles. The monoisotopic (exact) mass is 780 g/mol. The van der Waals surface area contributed by atoms with Gasteiger partial charge < -0.3 is 5.32 Å². The maximum absolute atomic E-state index is 5.28. The zero-order chi connectivity index (χ0) is 38.6. The average Bonchev–Trinajstić information content (AvgIpc) is 3.42. The summed E-state index contributed by atoms with van der Waals surface area (Å²) in [5.74, 6) is 1.48. The Balaban J connectivity index is 0.964. The van der Waals surface area contributed by atoms with Crippen LogP contribution in [0, 0.1) is 0 Å². The van der Waals surface area contributed by atoms with Gasteiger partial charge in [0.2, 0.25) is 0 Å². The third kappa shape index (κ3) is 6.38. The van der Waals surface area contributed by atoms with E-state index < -0.39 is 0 Å². The van der Waals surface area contributed by atoms with Gasteiger partial charge in [0.05, 0.1) is 6.04 Å². The molecule has 2 unspecified atom stereocenters. The zero-order valence-corrected chi connectivity index (χ0v) is 33.7. The van der Waals surface area contributed by atoms with E-state index in [1.807, 2.05) is 23.5 Å². The van der Waals surface area contributed by atoms with Gasteiger partial charge in [-0.1, -0.05) is 188 Å². The van der Waals surface area contributed by atoms with E-state index in [1.54, 1.807) is 0 Å². The lowest BCUT2D eigenvalue weighted by Crippen LogP contribution is -2.27. The summed E-state index contributed by atoms with van der Waals surface area (Å²) in [6.45, 7) is 2.47. The van der Waals surface area contributed by atoms with Crippen LogP contribution in [0.3, 0.4) is 0 Å². The lowest BCUT2D eigenvalue weighted by atomic mass is 9.79. The van der Waals surface area contributed by atoms with Crippen LogP contribution in [0.5, 0.6) is 0 Å². The van der Waals surface area contributed by atoms with Crippen molar-refractivity contribution in [3.05, 3.63) is 221 Å². The first kappa shape index (κ1) is 35.1. The standard InChI is InChI=1S/C54H40N2S2/c1-34-46(30-42-20-10-11-25-44(42)45-26-27-49-53(52(34)45)58-51-32-40-19-9-8-18-39(40)31-50(51)57-49)41-23-12-21-37(28-41)38-22-13-24-43(29-38)54-55-47(35-14-4-2-5-15-35)33-48(56-54)36-16-6-3-7-17-36/h2-29,31-34,46-47H,30H2,1H3,(H,55,56)/t34-,46?,47?/m1/s1. The third-order valence-electron chi connectivity index (χ3n) is 12.1. The molecule has 58 heavy (non-hydrogen) atoms. The van der Waals surface area contributed by atoms with Crippen LogP contribution < -0.4 is 5.32 Å². The van der Waals surface area contributed by atoms with Gasteiger partial charge in [-0.15, -0.1) is 0 Å². The molecule has 278 valence electrons. The molecule has 0 spiro atoms. The molecule has 4 heteroatoms. The van der Waals surface area contributed by atoms with Crippen molar-refractivity contribution in [1.29, 1.82) is 0 Å². The third-order valence-corrected chi connectivity index (χ3v) is 14.6. The van der Waals surface area contributed by atoms with Crippen LogP contribution in [-0.4, -0.2) is 5.84 Å². The molecule has 1 N–H and O–H groups in total. The van der Waals surface area contributed by atoms with E-state index in [2.05, 4.69) is 200 Å². The molecule has 2 aliphatic heterocycles. The SMILES string of the molecule is C[C@H]1c2c(ccc3c2Sc2cc4ccccc4cc2S3)-c2ccccc2CC1c1cccc(-c2cccc(C3=NC(c4ccccc4)C=C(c4ccccc4)N3)c2)c1. The first-order valence-electron chi connectivity index (χ1n) is 20.1. The highest BCUT2D eigenvalue weighted by atomic mass is 32.2. The van der Waals surface area contributed by atoms with Crippen LogP contribution in [0.25, 0.3) is 38.7 Å². The molecule has 0 radical (unpaired) electrons. The summed E-state index contributed by atoms with van der Waals surface area (Å²) in [6, 6.07) is 66.6. The molecular formula is C54H40N2S2. The number of amidine groups is 1. The second-order valence-electron chi connectivity index (χ2n) is 15.6. The van der Waals surface area contributed by atoms with E-state index in [1.165, 1.54) is 74.9 Å². The largest absolute Gasteiger partial charge is 0.340 e. The minimum atomic E-state index is -0.0859. The van der Waals surface area contributed by atoms with Gasteiger partial charge in [-0.25, -0.2) is 0 Å². The second kappa shape index (κ2) is 14.7. The lowest BCUT2D eigenvalue weighted by Gasteiger charge is -2.29. The number of nitrogens with one attached hydrogen (secondary N) is 1. The summed E-state index contributed by atoms with van der Waals surface area (Å²) >= 11 is 3.90. The Morgan fingerprint density at radius 3 is 1.97 bits per heavy atom. The van der Waals surface area contributed by atoms with Crippen LogP contribution in [0.2, 0.25) is 0 Å². The van der Waals surface area contributed by atoms with Gasteiger partial charge in [0.15, 0.2) is 0 Å². The van der Waals surface area contributed by atoms with Gasteiger partial charge in [0.25, 0.3) is 0 Å². The van der Waals surface area contributed by atoms with E-state index in [9.17, 15) is 0 Å². The van der Waals surface area contributed by atoms with Crippen molar-refractivity contribution in [1.82, 2.24) is 5.32 Å². The summed E-state index contributed by atoms with van der Waals surface area (Å²) in [7, 11) is 0. The Morgan fingerprint density at radius 1 is 0.517 bits per heavy atom. The van der Waals surface area contributed by atoms with Crippen molar-refractivity contribution in [2.75, 3.05) is 0 Å². The maximum Gasteiger partial charge on any atom is 0.133 e. The highest BCUT2D eigenvalue weighted by Gasteiger charge is 2.34. The van der Waals surface area contributed by atoms with E-state index in [-0.39, 0.29) is 6.04 Å². The molecule has 2 heterocycles. The molecule has 2 nitrogen and oxygen atoms in total. The number of aliphatic imine (C=N–C) groups is 1. The highest BCUT2D eigenvalue weighted by Crippen LogP contribution is 2.57. The molecule has 11 rings (SSSR count). The number of benzene rings is 8. The molecule has 0 bridgehead atoms. The molecule has 0 saturated carbocycles. The van der Waals surface area contributed by atoms with Gasteiger partial charge in [0.1, 0.15) is 5.84 Å². The molecule has 0 amide bonds. The molecular weight excluding hydrogens is 741 g/mol. The first-order chi connectivity index (χ1) is 28.6. The molecule has 3 aliphatic rings. The predicted octanol–water partition coefficient (Wildman–Crippen LogP) is 14.4. The van der Waals surface area contributed by atoms with E-state index in [4.69, 9.17) is 4.99 Å². The molecule has 8 aromatic carbocycles. The van der Waals surface area contributed by atoms with Gasteiger partial charge in [-0.3, -0.25) is 4.99 Å². The summed E-state index contributed by atoms with van der Waals surface area (Å²) in [5, 5.41) is 6.30. The summed E-state index contributed by atoms with van der Waals surface area (Å²) in [6.07, 6.45) is 3.22. The normalized spacial score (nSPS) is 18.1. The average molecular weight is 781 g/mol. The minimum absolute atomic E-state index is 0.0859. The number of hydrogen-bond donors (Lipinski definition) is 1. The number of fused-ring (bicyclic) bond motifs is 7. The number of nitrogens with zero attached hydrogens (tertiary/aromatic N) is 1. The first-order valence-corrected chi connectivity index (χ1v) is 21.8. The molecule has 1 aliphatic carbocycles. The number of hydrogen-bond acceptors (Lipinski definition) is 4. The van der Waals surface area contributed by atoms with Crippen LogP contribution in [0.1, 0.15) is 58.2 Å². The van der Waals surface area contributed by atoms with Crippen LogP contribution in [0.15, 0.2) is 213 Å². The zero-order valence-electron chi connectivity index (χ0n) is 32.1. The fourth-order valence-corrected chi connectivity index (χ4v) is 11.7. The Kier molecular flexibility index (Phi) is 8.90. The second-order valence-corrected chi connectivity index (χ2v) is 17.7. The van der Waals surface area contributed by atoms with Crippen LogP contribution in [-0.2, 0) is 6.42 Å². The highest BCUT2D eigenvalue weighted by molar-refractivity contribution is 8.05. The lowest BCUT2D eigenvalue weighted by molar-refractivity contribution is 0.571. The van der Waals surface area contributed by atoms with Gasteiger partial charge in [-0.05, 0) is 109 Å². The fraction of sp³-hybridized carbons (Fsp3) is 0.0926. The summed E-state index contributed by atoms with van der Waals surface area (Å²) in [4.78, 5) is 10.8. The van der Waals surface area contributed by atoms with Crippen molar-refractivity contribution in [2.45, 2.75) is 50.8 Å². The Morgan fingerprint density at radius 2 is 1.16 bits per heavy atom. The molecule has 0 aromatic heterocycles.